The molecule has 116 valence electrons. The summed E-state index contributed by atoms with van der Waals surface area (Å²) >= 11 is 0. The number of hydrogen-bond acceptors (Lipinski definition) is 4. The molecule has 0 heterocycles. The van der Waals surface area contributed by atoms with Crippen molar-refractivity contribution in [3.8, 4) is 0 Å². The molecule has 2 amide bonds. The van der Waals surface area contributed by atoms with Gasteiger partial charge in [-0.05, 0) is 32.7 Å². The highest BCUT2D eigenvalue weighted by atomic mass is 32.2. The van der Waals surface area contributed by atoms with Gasteiger partial charge in [0.05, 0.1) is 11.7 Å². The maximum absolute atomic E-state index is 11.5. The lowest BCUT2D eigenvalue weighted by molar-refractivity contribution is -0.142. The zero-order valence-corrected chi connectivity index (χ0v) is 12.2. The van der Waals surface area contributed by atoms with Gasteiger partial charge in [0, 0.05) is 12.6 Å². The fourth-order valence-corrected chi connectivity index (χ4v) is 2.70. The van der Waals surface area contributed by atoms with Gasteiger partial charge in [-0.1, -0.05) is 0 Å². The van der Waals surface area contributed by atoms with Crippen LogP contribution < -0.4 is 15.4 Å². The monoisotopic (exact) mass is 307 g/mol. The van der Waals surface area contributed by atoms with E-state index in [-0.39, 0.29) is 24.3 Å². The first-order chi connectivity index (χ1) is 9.34. The average Bonchev–Trinajstić information content (AvgIpc) is 2.39. The molecule has 1 rings (SSSR count). The van der Waals surface area contributed by atoms with Crippen molar-refractivity contribution in [2.45, 2.75) is 31.7 Å². The number of carboxylic acid groups (broad SMARTS) is 1. The predicted molar refractivity (Wildman–Crippen MR) is 72.8 cm³/mol. The molecule has 0 radical (unpaired) electrons. The molecule has 0 aromatic carbocycles. The molecule has 1 aliphatic carbocycles. The standard InChI is InChI=1S/C11H21N3O5S/c1-12-20(18,19)7-6-13-11(17)14-9-4-2-8(3-5-9)10(15)16/h8-9,12H,2-7H2,1H3,(H,15,16)(H2,13,14,17). The Labute approximate surface area is 118 Å². The SMILES string of the molecule is CNS(=O)(=O)CCNC(=O)NC1CCC(C(=O)O)CC1. The molecule has 8 nitrogen and oxygen atoms in total. The van der Waals surface area contributed by atoms with E-state index < -0.39 is 22.0 Å². The maximum Gasteiger partial charge on any atom is 0.315 e. The van der Waals surface area contributed by atoms with Crippen LogP contribution in [0.25, 0.3) is 0 Å². The number of carbonyl (C=O) groups excluding carboxylic acids is 1. The second kappa shape index (κ2) is 7.44. The Morgan fingerprint density at radius 2 is 1.80 bits per heavy atom. The van der Waals surface area contributed by atoms with Crippen LogP contribution in [0.2, 0.25) is 0 Å². The molecule has 0 aliphatic heterocycles. The van der Waals surface area contributed by atoms with Crippen molar-refractivity contribution in [3.05, 3.63) is 0 Å². The minimum Gasteiger partial charge on any atom is -0.481 e. The number of nitrogens with one attached hydrogen (secondary N) is 3. The van der Waals surface area contributed by atoms with Gasteiger partial charge in [-0.15, -0.1) is 0 Å². The number of amides is 2. The van der Waals surface area contributed by atoms with Gasteiger partial charge < -0.3 is 15.7 Å². The van der Waals surface area contributed by atoms with Crippen LogP contribution in [0, 0.1) is 5.92 Å². The van der Waals surface area contributed by atoms with Crippen LogP contribution in [-0.4, -0.2) is 50.9 Å². The maximum atomic E-state index is 11.5. The Hall–Kier alpha value is -1.35. The van der Waals surface area contributed by atoms with Gasteiger partial charge in [-0.3, -0.25) is 4.79 Å². The first-order valence-electron chi connectivity index (χ1n) is 6.52. The van der Waals surface area contributed by atoms with Gasteiger partial charge in [0.25, 0.3) is 0 Å². The van der Waals surface area contributed by atoms with Gasteiger partial charge in [0.2, 0.25) is 10.0 Å². The third-order valence-corrected chi connectivity index (χ3v) is 4.74. The van der Waals surface area contributed by atoms with Crippen LogP contribution in [0.4, 0.5) is 4.79 Å². The number of urea groups is 1. The van der Waals surface area contributed by atoms with E-state index in [1.165, 1.54) is 7.05 Å². The van der Waals surface area contributed by atoms with E-state index in [0.717, 1.165) is 0 Å². The first-order valence-corrected chi connectivity index (χ1v) is 8.17. The number of hydrogen-bond donors (Lipinski definition) is 4. The van der Waals surface area contributed by atoms with Crippen molar-refractivity contribution in [3.63, 3.8) is 0 Å². The smallest absolute Gasteiger partial charge is 0.315 e. The molecule has 1 saturated carbocycles. The highest BCUT2D eigenvalue weighted by Crippen LogP contribution is 2.24. The molecular weight excluding hydrogens is 286 g/mol. The molecule has 4 N–H and O–H groups in total. The number of aliphatic carboxylic acids is 1. The summed E-state index contributed by atoms with van der Waals surface area (Å²) in [5, 5.41) is 14.1. The Balaban J connectivity index is 2.22. The lowest BCUT2D eigenvalue weighted by Crippen LogP contribution is -2.45. The predicted octanol–water partition coefficient (Wildman–Crippen LogP) is -0.522. The van der Waals surface area contributed by atoms with E-state index in [0.29, 0.717) is 25.7 Å². The summed E-state index contributed by atoms with van der Waals surface area (Å²) < 4.78 is 24.4. The average molecular weight is 307 g/mol. The Bertz CT molecular complexity index is 443. The number of sulfonamides is 1. The molecule has 1 fully saturated rings. The summed E-state index contributed by atoms with van der Waals surface area (Å²) in [5.74, 6) is -1.29. The van der Waals surface area contributed by atoms with E-state index in [1.54, 1.807) is 0 Å². The van der Waals surface area contributed by atoms with Gasteiger partial charge in [0.1, 0.15) is 0 Å². The van der Waals surface area contributed by atoms with E-state index >= 15 is 0 Å². The lowest BCUT2D eigenvalue weighted by Gasteiger charge is -2.26. The van der Waals surface area contributed by atoms with E-state index in [4.69, 9.17) is 5.11 Å². The van der Waals surface area contributed by atoms with E-state index in [9.17, 15) is 18.0 Å². The fraction of sp³-hybridized carbons (Fsp3) is 0.818. The molecule has 0 aromatic rings. The number of carboxylic acids is 1. The molecule has 20 heavy (non-hydrogen) atoms. The van der Waals surface area contributed by atoms with Gasteiger partial charge in [-0.2, -0.15) is 0 Å². The largest absolute Gasteiger partial charge is 0.481 e. The Morgan fingerprint density at radius 3 is 2.30 bits per heavy atom. The summed E-state index contributed by atoms with van der Waals surface area (Å²) in [4.78, 5) is 22.3. The van der Waals surface area contributed by atoms with E-state index in [2.05, 4.69) is 15.4 Å². The minimum atomic E-state index is -3.32. The van der Waals surface area contributed by atoms with E-state index in [1.807, 2.05) is 0 Å². The third-order valence-electron chi connectivity index (χ3n) is 3.38. The van der Waals surface area contributed by atoms with Crippen LogP contribution in [-0.2, 0) is 14.8 Å². The zero-order chi connectivity index (χ0) is 15.2. The van der Waals surface area contributed by atoms with Crippen molar-refractivity contribution in [2.24, 2.45) is 5.92 Å². The van der Waals surface area contributed by atoms with Crippen LogP contribution in [0.3, 0.4) is 0 Å². The van der Waals surface area contributed by atoms with Gasteiger partial charge in [0.15, 0.2) is 0 Å². The van der Waals surface area contributed by atoms with Crippen molar-refractivity contribution in [1.29, 1.82) is 0 Å². The molecule has 0 atom stereocenters. The van der Waals surface area contributed by atoms with Gasteiger partial charge in [-0.25, -0.2) is 17.9 Å². The summed E-state index contributed by atoms with van der Waals surface area (Å²) in [6, 6.07) is -0.471. The van der Waals surface area contributed by atoms with Crippen molar-refractivity contribution < 1.29 is 23.1 Å². The second-order valence-electron chi connectivity index (χ2n) is 4.81. The normalized spacial score (nSPS) is 23.1. The quantitative estimate of drug-likeness (QED) is 0.525. The fourth-order valence-electron chi connectivity index (χ4n) is 2.12. The summed E-state index contributed by atoms with van der Waals surface area (Å²) in [5.41, 5.74) is 0. The van der Waals surface area contributed by atoms with Crippen molar-refractivity contribution >= 4 is 22.0 Å². The third kappa shape index (κ3) is 5.74. The minimum absolute atomic E-state index is 0.0273. The highest BCUT2D eigenvalue weighted by Gasteiger charge is 2.26. The summed E-state index contributed by atoms with van der Waals surface area (Å²) in [7, 11) is -2.01. The van der Waals surface area contributed by atoms with Crippen LogP contribution >= 0.6 is 0 Å². The first kappa shape index (κ1) is 16.7. The van der Waals surface area contributed by atoms with Crippen molar-refractivity contribution in [1.82, 2.24) is 15.4 Å². The van der Waals surface area contributed by atoms with Crippen LogP contribution in [0.15, 0.2) is 0 Å². The van der Waals surface area contributed by atoms with Gasteiger partial charge >= 0.3 is 12.0 Å². The summed E-state index contributed by atoms with van der Waals surface area (Å²) in [6.07, 6.45) is 2.35. The molecule has 1 aliphatic rings. The molecular formula is C11H21N3O5S. The molecule has 0 saturated heterocycles. The molecule has 9 heteroatoms. The molecule has 0 spiro atoms. The highest BCUT2D eigenvalue weighted by molar-refractivity contribution is 7.89. The topological polar surface area (TPSA) is 125 Å². The molecule has 0 aromatic heterocycles. The lowest BCUT2D eigenvalue weighted by atomic mass is 9.86. The zero-order valence-electron chi connectivity index (χ0n) is 11.4. The number of carbonyl (C=O) groups is 2. The Kier molecular flexibility index (Phi) is 6.21. The number of rotatable bonds is 6. The molecule has 0 unspecified atom stereocenters. The van der Waals surface area contributed by atoms with Crippen LogP contribution in [0.1, 0.15) is 25.7 Å². The van der Waals surface area contributed by atoms with Crippen molar-refractivity contribution in [2.75, 3.05) is 19.3 Å². The van der Waals surface area contributed by atoms with Crippen LogP contribution in [0.5, 0.6) is 0 Å². The summed E-state index contributed by atoms with van der Waals surface area (Å²) in [6.45, 7) is 0.0273. The Morgan fingerprint density at radius 1 is 1.20 bits per heavy atom. The molecule has 0 bridgehead atoms. The second-order valence-corrected chi connectivity index (χ2v) is 6.86.